The van der Waals surface area contributed by atoms with Gasteiger partial charge in [-0.1, -0.05) is 6.07 Å². The maximum absolute atomic E-state index is 12.0. The maximum atomic E-state index is 12.0. The molecule has 1 aromatic carbocycles. The van der Waals surface area contributed by atoms with Crippen molar-refractivity contribution in [1.29, 1.82) is 0 Å². The van der Waals surface area contributed by atoms with Crippen LogP contribution in [0.2, 0.25) is 0 Å². The molecule has 6 N–H and O–H groups in total. The van der Waals surface area contributed by atoms with Gasteiger partial charge in [-0.15, -0.1) is 0 Å². The number of aliphatic hydroxyl groups excluding tert-OH is 2. The molecule has 4 atom stereocenters. The highest BCUT2D eigenvalue weighted by atomic mass is 32.2. The van der Waals surface area contributed by atoms with Crippen LogP contribution in [0, 0.1) is 0 Å². The summed E-state index contributed by atoms with van der Waals surface area (Å²) in [6, 6.07) is 4.73. The number of ether oxygens (including phenoxy) is 2. The third-order valence-corrected chi connectivity index (χ3v) is 5.72. The molecule has 11 heteroatoms. The molecule has 10 nitrogen and oxygen atoms in total. The lowest BCUT2D eigenvalue weighted by Crippen LogP contribution is -2.44. The summed E-state index contributed by atoms with van der Waals surface area (Å²) >= 11 is 0.612. The van der Waals surface area contributed by atoms with Gasteiger partial charge in [-0.05, 0) is 61.6 Å². The van der Waals surface area contributed by atoms with E-state index in [1.165, 1.54) is 0 Å². The molecule has 180 valence electrons. The average Bonchev–Trinajstić information content (AvgIpc) is 2.76. The molecule has 0 bridgehead atoms. The van der Waals surface area contributed by atoms with E-state index in [4.69, 9.17) is 19.1 Å². The van der Waals surface area contributed by atoms with Gasteiger partial charge >= 0.3 is 5.97 Å². The van der Waals surface area contributed by atoms with E-state index in [1.54, 1.807) is 25.2 Å². The van der Waals surface area contributed by atoms with E-state index in [1.807, 2.05) is 0 Å². The number of hydrogen-bond acceptors (Lipinski definition) is 9. The van der Waals surface area contributed by atoms with E-state index >= 15 is 0 Å². The number of rotatable bonds is 13. The van der Waals surface area contributed by atoms with E-state index in [2.05, 4.69) is 10.6 Å². The van der Waals surface area contributed by atoms with Crippen molar-refractivity contribution in [2.75, 3.05) is 19.3 Å². The first-order valence-corrected chi connectivity index (χ1v) is 11.5. The first-order chi connectivity index (χ1) is 15.4. The van der Waals surface area contributed by atoms with Crippen molar-refractivity contribution in [3.63, 3.8) is 0 Å². The smallest absolute Gasteiger partial charge is 0.333 e. The lowest BCUT2D eigenvalue weighted by molar-refractivity contribution is -0.195. The predicted molar refractivity (Wildman–Crippen MR) is 118 cm³/mol. The molecule has 1 saturated heterocycles. The molecule has 1 aliphatic rings. The number of aliphatic hydroxyl groups is 2. The fourth-order valence-corrected chi connectivity index (χ4v) is 3.92. The Bertz CT molecular complexity index is 751. The summed E-state index contributed by atoms with van der Waals surface area (Å²) in [5, 5.41) is 34.3. The number of carbonyl (C=O) groups excluding carboxylic acids is 1. The zero-order valence-electron chi connectivity index (χ0n) is 18.0. The Hall–Kier alpha value is -1.89. The van der Waals surface area contributed by atoms with Crippen molar-refractivity contribution in [2.45, 2.75) is 63.3 Å². The van der Waals surface area contributed by atoms with Gasteiger partial charge in [0.05, 0.1) is 18.8 Å². The number of benzene rings is 1. The van der Waals surface area contributed by atoms with Crippen molar-refractivity contribution in [2.24, 2.45) is 0 Å². The Morgan fingerprint density at radius 1 is 1.28 bits per heavy atom. The summed E-state index contributed by atoms with van der Waals surface area (Å²) in [6.07, 6.45) is -0.486. The molecule has 1 heterocycles. The number of aryl methyl sites for hydroxylation is 1. The molecular weight excluding hydrogens is 440 g/mol. The lowest BCUT2D eigenvalue weighted by atomic mass is 10.0. The lowest BCUT2D eigenvalue weighted by Gasteiger charge is -2.31. The number of carbonyl (C=O) groups is 2. The van der Waals surface area contributed by atoms with Crippen molar-refractivity contribution in [3.05, 3.63) is 29.3 Å². The second-order valence-electron chi connectivity index (χ2n) is 7.61. The van der Waals surface area contributed by atoms with Crippen LogP contribution in [0.5, 0.6) is 5.75 Å². The second kappa shape index (κ2) is 13.6. The summed E-state index contributed by atoms with van der Waals surface area (Å²) in [6.45, 7) is 0.358. The summed E-state index contributed by atoms with van der Waals surface area (Å²) in [5.41, 5.74) is 1.64. The van der Waals surface area contributed by atoms with Gasteiger partial charge in [-0.25, -0.2) is 4.79 Å². The van der Waals surface area contributed by atoms with Crippen molar-refractivity contribution >= 4 is 23.9 Å². The van der Waals surface area contributed by atoms with Crippen LogP contribution in [-0.4, -0.2) is 75.6 Å². The molecule has 1 fully saturated rings. The standard InChI is InChI=1S/C21H32N2O8S/c1-22-17(12-32-29)20(26)23-7-3-2-4-13-8-16(6-5-14(13)11-24)30-19-10-15(25)9-18(31-19)21(27)28/h5-6,8,15,17-19,22,24-25,29H,2-4,7,9-12H2,1H3,(H,23,26)(H,27,28). The monoisotopic (exact) mass is 472 g/mol. The molecule has 0 saturated carbocycles. The van der Waals surface area contributed by atoms with Crippen LogP contribution >= 0.6 is 12.0 Å². The first-order valence-electron chi connectivity index (χ1n) is 10.5. The Morgan fingerprint density at radius 3 is 2.72 bits per heavy atom. The first kappa shape index (κ1) is 26.4. The molecule has 4 unspecified atom stereocenters. The normalized spacial score (nSPS) is 21.7. The summed E-state index contributed by atoms with van der Waals surface area (Å²) in [7, 11) is 1.66. The quantitative estimate of drug-likeness (QED) is 0.179. The van der Waals surface area contributed by atoms with Crippen LogP contribution in [0.3, 0.4) is 0 Å². The van der Waals surface area contributed by atoms with E-state index in [0.29, 0.717) is 30.8 Å². The zero-order chi connectivity index (χ0) is 23.5. The van der Waals surface area contributed by atoms with Gasteiger partial charge in [-0.3, -0.25) is 4.79 Å². The minimum absolute atomic E-state index is 0.0222. The summed E-state index contributed by atoms with van der Waals surface area (Å²) in [5.74, 6) is -0.580. The zero-order valence-corrected chi connectivity index (χ0v) is 18.8. The van der Waals surface area contributed by atoms with Crippen molar-refractivity contribution in [1.82, 2.24) is 10.6 Å². The molecule has 32 heavy (non-hydrogen) atoms. The molecule has 1 aliphatic heterocycles. The summed E-state index contributed by atoms with van der Waals surface area (Å²) < 4.78 is 20.1. The van der Waals surface area contributed by atoms with Gasteiger partial charge in [0, 0.05) is 25.1 Å². The molecular formula is C21H32N2O8S. The number of carboxylic acids is 1. The number of nitrogens with one attached hydrogen (secondary N) is 2. The van der Waals surface area contributed by atoms with E-state index in [0.717, 1.165) is 24.0 Å². The van der Waals surface area contributed by atoms with E-state index in [9.17, 15) is 19.8 Å². The fourth-order valence-electron chi connectivity index (χ4n) is 3.45. The molecule has 1 aromatic rings. The second-order valence-corrected chi connectivity index (χ2v) is 8.20. The van der Waals surface area contributed by atoms with Crippen LogP contribution < -0.4 is 15.4 Å². The van der Waals surface area contributed by atoms with Gasteiger partial charge < -0.3 is 40.0 Å². The molecule has 0 radical (unpaired) electrons. The van der Waals surface area contributed by atoms with Gasteiger partial charge in [-0.2, -0.15) is 0 Å². The number of unbranched alkanes of at least 4 members (excludes halogenated alkanes) is 1. The average molecular weight is 473 g/mol. The van der Waals surface area contributed by atoms with Gasteiger partial charge in [0.15, 0.2) is 6.10 Å². The molecule has 1 amide bonds. The third kappa shape index (κ3) is 8.23. The predicted octanol–water partition coefficient (Wildman–Crippen LogP) is 0.741. The van der Waals surface area contributed by atoms with E-state index < -0.39 is 30.5 Å². The van der Waals surface area contributed by atoms with Gasteiger partial charge in [0.1, 0.15) is 5.75 Å². The number of aliphatic carboxylic acids is 1. The topological polar surface area (TPSA) is 158 Å². The van der Waals surface area contributed by atoms with Crippen LogP contribution in [-0.2, 0) is 27.4 Å². The Balaban J connectivity index is 1.87. The molecule has 2 rings (SSSR count). The van der Waals surface area contributed by atoms with Crippen LogP contribution in [0.25, 0.3) is 0 Å². The van der Waals surface area contributed by atoms with Crippen LogP contribution in [0.15, 0.2) is 18.2 Å². The fraction of sp³-hybridized carbons (Fsp3) is 0.619. The van der Waals surface area contributed by atoms with Gasteiger partial charge in [0.25, 0.3) is 0 Å². The number of amides is 1. The number of hydrogen-bond donors (Lipinski definition) is 6. The molecule has 0 aliphatic carbocycles. The SMILES string of the molecule is CNC(CSO)C(=O)NCCCCc1cc(OC2CC(O)CC(C(=O)O)O2)ccc1CO. The van der Waals surface area contributed by atoms with E-state index in [-0.39, 0.29) is 31.1 Å². The number of carboxylic acid groups (broad SMARTS) is 1. The van der Waals surface area contributed by atoms with Crippen molar-refractivity contribution in [3.8, 4) is 5.75 Å². The highest BCUT2D eigenvalue weighted by molar-refractivity contribution is 7.93. The molecule has 0 aromatic heterocycles. The van der Waals surface area contributed by atoms with Gasteiger partial charge in [0.2, 0.25) is 12.2 Å². The highest BCUT2D eigenvalue weighted by Gasteiger charge is 2.34. The Kier molecular flexibility index (Phi) is 11.2. The van der Waals surface area contributed by atoms with Crippen LogP contribution in [0.1, 0.15) is 36.8 Å². The Labute approximate surface area is 191 Å². The summed E-state index contributed by atoms with van der Waals surface area (Å²) in [4.78, 5) is 23.2. The highest BCUT2D eigenvalue weighted by Crippen LogP contribution is 2.26. The third-order valence-electron chi connectivity index (χ3n) is 5.24. The largest absolute Gasteiger partial charge is 0.479 e. The molecule has 0 spiro atoms. The Morgan fingerprint density at radius 2 is 2.06 bits per heavy atom. The van der Waals surface area contributed by atoms with Crippen LogP contribution in [0.4, 0.5) is 0 Å². The van der Waals surface area contributed by atoms with Crippen molar-refractivity contribution < 1.29 is 38.9 Å². The number of likely N-dealkylation sites (N-methyl/N-ethyl adjacent to an activating group) is 1. The maximum Gasteiger partial charge on any atom is 0.333 e. The minimum atomic E-state index is -1.14. The minimum Gasteiger partial charge on any atom is -0.479 e.